The zero-order valence-corrected chi connectivity index (χ0v) is 9.55. The Morgan fingerprint density at radius 2 is 1.76 bits per heavy atom. The number of rotatable bonds is 3. The Balaban J connectivity index is 2.30. The minimum atomic E-state index is -1.38. The zero-order chi connectivity index (χ0) is 12.3. The molecule has 0 spiro atoms. The van der Waals surface area contributed by atoms with Gasteiger partial charge in [-0.05, 0) is 43.4 Å². The highest BCUT2D eigenvalue weighted by Gasteiger charge is 2.39. The molecule has 1 aromatic rings. The summed E-state index contributed by atoms with van der Waals surface area (Å²) in [5, 5.41) is 10.5. The van der Waals surface area contributed by atoms with Crippen LogP contribution in [0.2, 0.25) is 0 Å². The number of ether oxygens (including phenoxy) is 1. The van der Waals surface area contributed by atoms with Crippen LogP contribution >= 0.6 is 0 Å². The van der Waals surface area contributed by atoms with E-state index < -0.39 is 5.60 Å². The number of benzene rings is 1. The fourth-order valence-electron chi connectivity index (χ4n) is 1.78. The molecule has 1 aromatic carbocycles. The third-order valence-electron chi connectivity index (χ3n) is 2.80. The minimum Gasteiger partial charge on any atom is -0.497 e. The fraction of sp³-hybridized carbons (Fsp3) is 0.133. The second kappa shape index (κ2) is 4.81. The van der Waals surface area contributed by atoms with E-state index in [2.05, 4.69) is 5.92 Å². The summed E-state index contributed by atoms with van der Waals surface area (Å²) >= 11 is 0. The van der Waals surface area contributed by atoms with Gasteiger partial charge in [0.25, 0.3) is 0 Å². The lowest BCUT2D eigenvalue weighted by Crippen LogP contribution is -2.30. The molecule has 1 aliphatic rings. The van der Waals surface area contributed by atoms with Crippen LogP contribution in [0, 0.1) is 43.9 Å². The molecule has 2 heteroatoms. The van der Waals surface area contributed by atoms with Gasteiger partial charge in [-0.1, -0.05) is 18.1 Å². The molecule has 0 aromatic heterocycles. The maximum atomic E-state index is 10.5. The first-order valence-electron chi connectivity index (χ1n) is 5.27. The molecule has 1 fully saturated rings. The van der Waals surface area contributed by atoms with Crippen molar-refractivity contribution in [3.05, 3.63) is 61.4 Å². The molecule has 0 saturated heterocycles. The SMILES string of the molecule is C#CC(O)([C]1[CH][CH][CH][CH]1)c1ccc(OC)cc1. The van der Waals surface area contributed by atoms with Crippen LogP contribution < -0.4 is 4.74 Å². The Morgan fingerprint density at radius 1 is 1.18 bits per heavy atom. The summed E-state index contributed by atoms with van der Waals surface area (Å²) < 4.78 is 5.07. The Morgan fingerprint density at radius 3 is 2.24 bits per heavy atom. The van der Waals surface area contributed by atoms with Gasteiger partial charge in [0.2, 0.25) is 0 Å². The molecule has 5 radical (unpaired) electrons. The van der Waals surface area contributed by atoms with Crippen molar-refractivity contribution in [3.63, 3.8) is 0 Å². The van der Waals surface area contributed by atoms with Crippen LogP contribution in [0.15, 0.2) is 24.3 Å². The standard InChI is InChI=1S/C15H13O2/c1-3-15(16,12-6-4-5-7-12)13-8-10-14(17-2)11-9-13/h1,4-11,16H,2H3. The topological polar surface area (TPSA) is 29.5 Å². The number of terminal acetylenes is 1. The van der Waals surface area contributed by atoms with Gasteiger partial charge in [-0.3, -0.25) is 0 Å². The molecule has 1 unspecified atom stereocenters. The smallest absolute Gasteiger partial charge is 0.157 e. The van der Waals surface area contributed by atoms with E-state index in [0.717, 1.165) is 5.75 Å². The highest BCUT2D eigenvalue weighted by atomic mass is 16.5. The van der Waals surface area contributed by atoms with Gasteiger partial charge in [-0.15, -0.1) is 6.42 Å². The first-order valence-corrected chi connectivity index (χ1v) is 5.27. The number of hydrogen-bond acceptors (Lipinski definition) is 2. The minimum absolute atomic E-state index is 0.659. The van der Waals surface area contributed by atoms with Crippen LogP contribution in [0.4, 0.5) is 0 Å². The Kier molecular flexibility index (Phi) is 3.40. The van der Waals surface area contributed by atoms with Crippen molar-refractivity contribution in [1.29, 1.82) is 0 Å². The highest BCUT2D eigenvalue weighted by Crippen LogP contribution is 2.40. The van der Waals surface area contributed by atoms with Crippen molar-refractivity contribution >= 4 is 0 Å². The van der Waals surface area contributed by atoms with Crippen molar-refractivity contribution in [2.24, 2.45) is 0 Å². The van der Waals surface area contributed by atoms with E-state index in [0.29, 0.717) is 11.5 Å². The van der Waals surface area contributed by atoms with Crippen LogP contribution in [0.5, 0.6) is 5.75 Å². The van der Waals surface area contributed by atoms with E-state index in [4.69, 9.17) is 11.2 Å². The molecular weight excluding hydrogens is 212 g/mol. The summed E-state index contributed by atoms with van der Waals surface area (Å²) in [5.74, 6) is 3.88. The molecule has 2 rings (SSSR count). The normalized spacial score (nSPS) is 19.6. The zero-order valence-electron chi connectivity index (χ0n) is 9.55. The van der Waals surface area contributed by atoms with E-state index >= 15 is 0 Å². The molecule has 0 heterocycles. The molecule has 1 atom stereocenters. The quantitative estimate of drug-likeness (QED) is 0.796. The maximum absolute atomic E-state index is 10.5. The van der Waals surface area contributed by atoms with Crippen LogP contribution in [0.3, 0.4) is 0 Å². The molecule has 1 N–H and O–H groups in total. The molecule has 85 valence electrons. The average molecular weight is 225 g/mol. The number of hydrogen-bond donors (Lipinski definition) is 1. The monoisotopic (exact) mass is 225 g/mol. The van der Waals surface area contributed by atoms with E-state index in [-0.39, 0.29) is 0 Å². The largest absolute Gasteiger partial charge is 0.497 e. The lowest BCUT2D eigenvalue weighted by Gasteiger charge is -2.28. The Labute approximate surface area is 103 Å². The van der Waals surface area contributed by atoms with E-state index in [1.54, 1.807) is 31.4 Å². The molecule has 1 aliphatic carbocycles. The lowest BCUT2D eigenvalue weighted by molar-refractivity contribution is 0.124. The van der Waals surface area contributed by atoms with Gasteiger partial charge in [-0.2, -0.15) is 0 Å². The van der Waals surface area contributed by atoms with Crippen molar-refractivity contribution in [2.75, 3.05) is 7.11 Å². The molecular formula is C15H13O2. The second-order valence-electron chi connectivity index (χ2n) is 3.76. The van der Waals surface area contributed by atoms with Gasteiger partial charge in [0.1, 0.15) is 5.75 Å². The number of methoxy groups -OCH3 is 1. The van der Waals surface area contributed by atoms with Gasteiger partial charge in [0, 0.05) is 5.92 Å². The summed E-state index contributed by atoms with van der Waals surface area (Å²) in [7, 11) is 1.60. The summed E-state index contributed by atoms with van der Waals surface area (Å²) in [4.78, 5) is 0. The Hall–Kier alpha value is -1.46. The van der Waals surface area contributed by atoms with Crippen molar-refractivity contribution in [1.82, 2.24) is 0 Å². The highest BCUT2D eigenvalue weighted by molar-refractivity contribution is 5.51. The summed E-state index contributed by atoms with van der Waals surface area (Å²) in [6, 6.07) is 7.10. The van der Waals surface area contributed by atoms with E-state index in [1.165, 1.54) is 0 Å². The fourth-order valence-corrected chi connectivity index (χ4v) is 1.78. The van der Waals surface area contributed by atoms with Crippen LogP contribution in [-0.4, -0.2) is 12.2 Å². The van der Waals surface area contributed by atoms with Crippen molar-refractivity contribution < 1.29 is 9.84 Å². The molecule has 0 aliphatic heterocycles. The number of aliphatic hydroxyl groups is 1. The molecule has 0 amide bonds. The Bertz CT molecular complexity index is 410. The third-order valence-corrected chi connectivity index (χ3v) is 2.80. The van der Waals surface area contributed by atoms with Crippen LogP contribution in [-0.2, 0) is 5.60 Å². The van der Waals surface area contributed by atoms with Gasteiger partial charge >= 0.3 is 0 Å². The van der Waals surface area contributed by atoms with Crippen molar-refractivity contribution in [3.8, 4) is 18.1 Å². The van der Waals surface area contributed by atoms with E-state index in [9.17, 15) is 5.11 Å². The predicted octanol–water partition coefficient (Wildman–Crippen LogP) is 1.92. The summed E-state index contributed by atoms with van der Waals surface area (Å²) in [6.07, 6.45) is 12.8. The van der Waals surface area contributed by atoms with Gasteiger partial charge in [0.15, 0.2) is 5.60 Å². The third kappa shape index (κ3) is 2.16. The molecule has 1 saturated carbocycles. The first kappa shape index (κ1) is 12.0. The molecule has 2 nitrogen and oxygen atoms in total. The maximum Gasteiger partial charge on any atom is 0.157 e. The van der Waals surface area contributed by atoms with Crippen LogP contribution in [0.1, 0.15) is 5.56 Å². The van der Waals surface area contributed by atoms with Crippen molar-refractivity contribution in [2.45, 2.75) is 5.60 Å². The molecule has 0 bridgehead atoms. The lowest BCUT2D eigenvalue weighted by atomic mass is 9.81. The second-order valence-corrected chi connectivity index (χ2v) is 3.76. The summed E-state index contributed by atoms with van der Waals surface area (Å²) in [6.45, 7) is 0. The molecule has 17 heavy (non-hydrogen) atoms. The van der Waals surface area contributed by atoms with Gasteiger partial charge < -0.3 is 9.84 Å². The average Bonchev–Trinajstić information content (AvgIpc) is 2.92. The first-order chi connectivity index (χ1) is 8.20. The summed E-state index contributed by atoms with van der Waals surface area (Å²) in [5.41, 5.74) is -0.720. The van der Waals surface area contributed by atoms with Gasteiger partial charge in [-0.25, -0.2) is 0 Å². The van der Waals surface area contributed by atoms with Gasteiger partial charge in [0.05, 0.1) is 7.11 Å². The predicted molar refractivity (Wildman–Crippen MR) is 66.2 cm³/mol. The van der Waals surface area contributed by atoms with Crippen LogP contribution in [0.25, 0.3) is 0 Å². The van der Waals surface area contributed by atoms with E-state index in [1.807, 2.05) is 25.7 Å².